The van der Waals surface area contributed by atoms with E-state index in [0.29, 0.717) is 24.4 Å². The van der Waals surface area contributed by atoms with Gasteiger partial charge < -0.3 is 24.6 Å². The van der Waals surface area contributed by atoms with Gasteiger partial charge in [0.15, 0.2) is 0 Å². The highest BCUT2D eigenvalue weighted by atomic mass is 16.6. The number of benzene rings is 1. The lowest BCUT2D eigenvalue weighted by atomic mass is 10.2. The monoisotopic (exact) mass is 468 g/mol. The number of nitrogens with one attached hydrogen (secondary N) is 1. The molecule has 1 saturated heterocycles. The Morgan fingerprint density at radius 3 is 2.53 bits per heavy atom. The average molecular weight is 469 g/mol. The molecule has 2 amide bonds. The molecule has 1 fully saturated rings. The maximum absolute atomic E-state index is 12.6. The molecule has 2 heterocycles. The second-order valence-electron chi connectivity index (χ2n) is 9.57. The third-order valence-corrected chi connectivity index (χ3v) is 5.61. The first-order valence-corrected chi connectivity index (χ1v) is 11.9. The number of hydrogen-bond acceptors (Lipinski definition) is 6. The SMILES string of the molecule is CCCCOc1ccc(C(=O)Nc2ccc(N3CCC(N(C)C(=O)OC(C)(C)C)C3)nc2)cc1. The summed E-state index contributed by atoms with van der Waals surface area (Å²) in [6.45, 7) is 9.86. The van der Waals surface area contributed by atoms with E-state index in [1.165, 1.54) is 0 Å². The Bertz CT molecular complexity index is 954. The summed E-state index contributed by atoms with van der Waals surface area (Å²) in [6, 6.07) is 10.9. The van der Waals surface area contributed by atoms with Crippen LogP contribution in [0.5, 0.6) is 5.75 Å². The van der Waals surface area contributed by atoms with Gasteiger partial charge in [0, 0.05) is 25.7 Å². The van der Waals surface area contributed by atoms with Gasteiger partial charge in [0.25, 0.3) is 5.91 Å². The minimum Gasteiger partial charge on any atom is -0.494 e. The second kappa shape index (κ2) is 11.2. The summed E-state index contributed by atoms with van der Waals surface area (Å²) in [5.74, 6) is 1.37. The van der Waals surface area contributed by atoms with Gasteiger partial charge in [-0.25, -0.2) is 9.78 Å². The number of rotatable bonds is 8. The van der Waals surface area contributed by atoms with Crippen molar-refractivity contribution in [3.8, 4) is 5.75 Å². The van der Waals surface area contributed by atoms with Crippen LogP contribution in [-0.4, -0.2) is 60.3 Å². The lowest BCUT2D eigenvalue weighted by Gasteiger charge is -2.28. The van der Waals surface area contributed by atoms with Crippen LogP contribution in [-0.2, 0) is 4.74 Å². The Hall–Kier alpha value is -3.29. The first kappa shape index (κ1) is 25.3. The summed E-state index contributed by atoms with van der Waals surface area (Å²) in [6.07, 6.45) is 4.26. The highest BCUT2D eigenvalue weighted by molar-refractivity contribution is 6.04. The summed E-state index contributed by atoms with van der Waals surface area (Å²) in [4.78, 5) is 33.2. The number of carbonyl (C=O) groups is 2. The lowest BCUT2D eigenvalue weighted by molar-refractivity contribution is 0.0237. The van der Waals surface area contributed by atoms with E-state index in [1.54, 1.807) is 30.3 Å². The van der Waals surface area contributed by atoms with E-state index in [4.69, 9.17) is 9.47 Å². The fourth-order valence-corrected chi connectivity index (χ4v) is 3.64. The molecule has 1 atom stereocenters. The minimum atomic E-state index is -0.518. The highest BCUT2D eigenvalue weighted by Crippen LogP contribution is 2.23. The maximum atomic E-state index is 12.6. The van der Waals surface area contributed by atoms with Crippen molar-refractivity contribution in [2.75, 3.05) is 37.0 Å². The summed E-state index contributed by atoms with van der Waals surface area (Å²) in [7, 11) is 1.78. The summed E-state index contributed by atoms with van der Waals surface area (Å²) < 4.78 is 11.1. The molecule has 184 valence electrons. The minimum absolute atomic E-state index is 0.0601. The van der Waals surface area contributed by atoms with E-state index in [0.717, 1.165) is 37.4 Å². The van der Waals surface area contributed by atoms with Crippen LogP contribution in [0.15, 0.2) is 42.6 Å². The molecule has 1 N–H and O–H groups in total. The van der Waals surface area contributed by atoms with E-state index in [2.05, 4.69) is 22.1 Å². The molecule has 1 unspecified atom stereocenters. The van der Waals surface area contributed by atoms with Gasteiger partial charge in [-0.2, -0.15) is 0 Å². The van der Waals surface area contributed by atoms with Crippen molar-refractivity contribution < 1.29 is 19.1 Å². The fourth-order valence-electron chi connectivity index (χ4n) is 3.64. The number of nitrogens with zero attached hydrogens (tertiary/aromatic N) is 3. The molecule has 0 radical (unpaired) electrons. The van der Waals surface area contributed by atoms with Crippen molar-refractivity contribution in [3.63, 3.8) is 0 Å². The Balaban J connectivity index is 1.52. The molecular weight excluding hydrogens is 432 g/mol. The van der Waals surface area contributed by atoms with Gasteiger partial charge in [-0.1, -0.05) is 13.3 Å². The predicted octanol–water partition coefficient (Wildman–Crippen LogP) is 4.96. The number of hydrogen-bond donors (Lipinski definition) is 1. The van der Waals surface area contributed by atoms with E-state index in [1.807, 2.05) is 45.0 Å². The van der Waals surface area contributed by atoms with Gasteiger partial charge in [-0.15, -0.1) is 0 Å². The van der Waals surface area contributed by atoms with Crippen molar-refractivity contribution in [3.05, 3.63) is 48.2 Å². The maximum Gasteiger partial charge on any atom is 0.410 e. The number of likely N-dealkylation sites (N-methyl/N-ethyl adjacent to an activating group) is 1. The fraction of sp³-hybridized carbons (Fsp3) is 0.500. The average Bonchev–Trinajstić information content (AvgIpc) is 3.29. The van der Waals surface area contributed by atoms with Crippen LogP contribution >= 0.6 is 0 Å². The van der Waals surface area contributed by atoms with E-state index >= 15 is 0 Å². The van der Waals surface area contributed by atoms with E-state index in [9.17, 15) is 9.59 Å². The molecular formula is C26H36N4O4. The molecule has 8 nitrogen and oxygen atoms in total. The van der Waals surface area contributed by atoms with Crippen LogP contribution in [0.3, 0.4) is 0 Å². The number of ether oxygens (including phenoxy) is 2. The number of aromatic nitrogens is 1. The van der Waals surface area contributed by atoms with Gasteiger partial charge in [-0.3, -0.25) is 4.79 Å². The molecule has 34 heavy (non-hydrogen) atoms. The molecule has 1 aliphatic heterocycles. The second-order valence-corrected chi connectivity index (χ2v) is 9.57. The van der Waals surface area contributed by atoms with Crippen LogP contribution < -0.4 is 15.0 Å². The van der Waals surface area contributed by atoms with Crippen LogP contribution in [0.4, 0.5) is 16.3 Å². The molecule has 3 rings (SSSR count). The number of pyridine rings is 1. The van der Waals surface area contributed by atoms with Gasteiger partial charge in [-0.05, 0) is 70.0 Å². The smallest absolute Gasteiger partial charge is 0.410 e. The zero-order valence-corrected chi connectivity index (χ0v) is 20.8. The first-order chi connectivity index (χ1) is 16.2. The molecule has 0 saturated carbocycles. The van der Waals surface area contributed by atoms with Gasteiger partial charge >= 0.3 is 6.09 Å². The molecule has 0 bridgehead atoms. The molecule has 8 heteroatoms. The Labute approximate surface area is 202 Å². The number of unbranched alkanes of at least 4 members (excludes halogenated alkanes) is 1. The molecule has 1 aromatic heterocycles. The van der Waals surface area contributed by atoms with Gasteiger partial charge in [0.05, 0.1) is 24.5 Å². The van der Waals surface area contributed by atoms with E-state index < -0.39 is 5.60 Å². The van der Waals surface area contributed by atoms with Crippen molar-refractivity contribution in [1.82, 2.24) is 9.88 Å². The van der Waals surface area contributed by atoms with Crippen LogP contribution in [0.25, 0.3) is 0 Å². The van der Waals surface area contributed by atoms with Crippen molar-refractivity contribution in [2.45, 2.75) is 58.6 Å². The zero-order chi connectivity index (χ0) is 24.7. The van der Waals surface area contributed by atoms with Crippen LogP contribution in [0, 0.1) is 0 Å². The molecule has 1 aromatic carbocycles. The first-order valence-electron chi connectivity index (χ1n) is 11.9. The Kier molecular flexibility index (Phi) is 8.36. The number of anilines is 2. The Morgan fingerprint density at radius 2 is 1.91 bits per heavy atom. The summed E-state index contributed by atoms with van der Waals surface area (Å²) in [5.41, 5.74) is 0.661. The number of carbonyl (C=O) groups excluding carboxylic acids is 2. The third-order valence-electron chi connectivity index (χ3n) is 5.61. The molecule has 1 aliphatic rings. The Morgan fingerprint density at radius 1 is 1.18 bits per heavy atom. The summed E-state index contributed by atoms with van der Waals surface area (Å²) in [5, 5.41) is 2.88. The van der Waals surface area contributed by atoms with Gasteiger partial charge in [0.2, 0.25) is 0 Å². The normalized spacial score (nSPS) is 15.7. The largest absolute Gasteiger partial charge is 0.494 e. The third kappa shape index (κ3) is 7.10. The number of amides is 2. The molecule has 0 aliphatic carbocycles. The summed E-state index contributed by atoms with van der Waals surface area (Å²) >= 11 is 0. The topological polar surface area (TPSA) is 84.0 Å². The zero-order valence-electron chi connectivity index (χ0n) is 20.8. The van der Waals surface area contributed by atoms with Crippen molar-refractivity contribution in [2.24, 2.45) is 0 Å². The van der Waals surface area contributed by atoms with Crippen LogP contribution in [0.2, 0.25) is 0 Å². The highest BCUT2D eigenvalue weighted by Gasteiger charge is 2.31. The van der Waals surface area contributed by atoms with E-state index in [-0.39, 0.29) is 18.0 Å². The van der Waals surface area contributed by atoms with Crippen LogP contribution in [0.1, 0.15) is 57.3 Å². The molecule has 2 aromatic rings. The van der Waals surface area contributed by atoms with Gasteiger partial charge in [0.1, 0.15) is 17.2 Å². The standard InChI is InChI=1S/C26H36N4O4/c1-6-7-16-33-22-11-8-19(9-12-22)24(31)28-20-10-13-23(27-17-20)30-15-14-21(18-30)29(5)25(32)34-26(2,3)4/h8-13,17,21H,6-7,14-16,18H2,1-5H3,(H,28,31). The quantitative estimate of drug-likeness (QED) is 0.552. The molecule has 0 spiro atoms. The predicted molar refractivity (Wildman–Crippen MR) is 134 cm³/mol. The van der Waals surface area contributed by atoms with Crippen molar-refractivity contribution in [1.29, 1.82) is 0 Å². The lowest BCUT2D eigenvalue weighted by Crippen LogP contribution is -2.42. The van der Waals surface area contributed by atoms with Crippen molar-refractivity contribution >= 4 is 23.5 Å².